The van der Waals surface area contributed by atoms with Crippen LogP contribution >= 0.6 is 0 Å². The van der Waals surface area contributed by atoms with Crippen LogP contribution in [0.25, 0.3) is 0 Å². The number of amides is 2. The molecule has 0 bridgehead atoms. The van der Waals surface area contributed by atoms with Gasteiger partial charge in [0, 0.05) is 18.7 Å². The van der Waals surface area contributed by atoms with Crippen molar-refractivity contribution in [2.75, 3.05) is 13.1 Å². The lowest BCUT2D eigenvalue weighted by molar-refractivity contribution is -0.137. The Balaban J connectivity index is 2.91. The van der Waals surface area contributed by atoms with E-state index in [0.29, 0.717) is 12.1 Å². The third kappa shape index (κ3) is 5.92. The number of nitrogens with zero attached hydrogens (tertiary/aromatic N) is 1. The maximum absolute atomic E-state index is 13.0. The van der Waals surface area contributed by atoms with Crippen molar-refractivity contribution in [3.63, 3.8) is 0 Å². The van der Waals surface area contributed by atoms with Gasteiger partial charge >= 0.3 is 0 Å². The van der Waals surface area contributed by atoms with Crippen molar-refractivity contribution in [3.05, 3.63) is 35.6 Å². The lowest BCUT2D eigenvalue weighted by Crippen LogP contribution is -2.53. The van der Waals surface area contributed by atoms with E-state index in [1.165, 1.54) is 29.2 Å². The molecule has 1 rings (SSSR count). The van der Waals surface area contributed by atoms with Crippen molar-refractivity contribution >= 4 is 11.8 Å². The average Bonchev–Trinajstić information content (AvgIpc) is 2.48. The topological polar surface area (TPSA) is 69.6 Å². The van der Waals surface area contributed by atoms with Gasteiger partial charge in [0.25, 0.3) is 5.91 Å². The van der Waals surface area contributed by atoms with E-state index in [-0.39, 0.29) is 18.4 Å². The van der Waals surface area contributed by atoms with Crippen LogP contribution in [-0.2, 0) is 4.79 Å². The van der Waals surface area contributed by atoms with E-state index < -0.39 is 23.4 Å². The number of rotatable bonds is 7. The molecule has 0 spiro atoms. The number of carbonyl (C=O) groups excluding carboxylic acids is 2. The normalized spacial score (nSPS) is 12.8. The Bertz CT molecular complexity index is 565. The van der Waals surface area contributed by atoms with Gasteiger partial charge in [0.1, 0.15) is 11.9 Å². The number of nitrogens with one attached hydrogen (secondary N) is 1. The molecule has 24 heavy (non-hydrogen) atoms. The van der Waals surface area contributed by atoms with E-state index in [1.54, 1.807) is 13.8 Å². The van der Waals surface area contributed by atoms with E-state index in [1.807, 2.05) is 20.8 Å². The zero-order valence-corrected chi connectivity index (χ0v) is 15.0. The van der Waals surface area contributed by atoms with Crippen molar-refractivity contribution in [1.82, 2.24) is 10.2 Å². The van der Waals surface area contributed by atoms with Crippen LogP contribution in [0.15, 0.2) is 24.3 Å². The molecule has 0 aliphatic rings. The Morgan fingerprint density at radius 3 is 2.21 bits per heavy atom. The van der Waals surface area contributed by atoms with Gasteiger partial charge < -0.3 is 15.3 Å². The number of hydrogen-bond acceptors (Lipinski definition) is 3. The maximum atomic E-state index is 13.0. The van der Waals surface area contributed by atoms with Crippen LogP contribution in [-0.4, -0.2) is 46.6 Å². The molecule has 0 heterocycles. The molecule has 1 aromatic rings. The first-order valence-corrected chi connectivity index (χ1v) is 8.12. The Morgan fingerprint density at radius 2 is 1.79 bits per heavy atom. The number of hydrogen-bond donors (Lipinski definition) is 2. The van der Waals surface area contributed by atoms with Crippen LogP contribution < -0.4 is 5.32 Å². The molecule has 134 valence electrons. The second-order valence-electron chi connectivity index (χ2n) is 6.87. The molecule has 6 heteroatoms. The predicted octanol–water partition coefficient (Wildman–Crippen LogP) is 2.20. The van der Waals surface area contributed by atoms with Gasteiger partial charge in [0.05, 0.1) is 5.60 Å². The summed E-state index contributed by atoms with van der Waals surface area (Å²) in [5.41, 5.74) is -0.728. The van der Waals surface area contributed by atoms with Crippen molar-refractivity contribution in [1.29, 1.82) is 0 Å². The van der Waals surface area contributed by atoms with E-state index in [0.717, 1.165) is 0 Å². The maximum Gasteiger partial charge on any atom is 0.251 e. The summed E-state index contributed by atoms with van der Waals surface area (Å²) in [5, 5.41) is 12.7. The molecule has 0 saturated carbocycles. The fourth-order valence-electron chi connectivity index (χ4n) is 2.35. The van der Waals surface area contributed by atoms with Gasteiger partial charge in [-0.25, -0.2) is 4.39 Å². The molecule has 0 saturated heterocycles. The van der Waals surface area contributed by atoms with Crippen LogP contribution in [0.2, 0.25) is 0 Å². The minimum Gasteiger partial charge on any atom is -0.389 e. The highest BCUT2D eigenvalue weighted by molar-refractivity contribution is 5.97. The second-order valence-corrected chi connectivity index (χ2v) is 6.87. The summed E-state index contributed by atoms with van der Waals surface area (Å²) in [6, 6.07) is 4.44. The summed E-state index contributed by atoms with van der Waals surface area (Å²) >= 11 is 0. The van der Waals surface area contributed by atoms with Gasteiger partial charge in [0.2, 0.25) is 5.91 Å². The van der Waals surface area contributed by atoms with Gasteiger partial charge in [0.15, 0.2) is 0 Å². The second kappa shape index (κ2) is 8.24. The van der Waals surface area contributed by atoms with Crippen LogP contribution in [0.5, 0.6) is 0 Å². The molecule has 0 aliphatic carbocycles. The van der Waals surface area contributed by atoms with Gasteiger partial charge in [-0.1, -0.05) is 13.8 Å². The molecule has 0 aromatic heterocycles. The standard InChI is InChI=1S/C18H27FN2O3/c1-6-21(11-18(4,5)24)17(23)15(12(2)3)20-16(22)13-7-9-14(19)10-8-13/h7-10,12,15,24H,6,11H2,1-5H3,(H,20,22). The molecular weight excluding hydrogens is 311 g/mol. The quantitative estimate of drug-likeness (QED) is 0.801. The predicted molar refractivity (Wildman–Crippen MR) is 91.0 cm³/mol. The summed E-state index contributed by atoms with van der Waals surface area (Å²) in [6.45, 7) is 9.37. The monoisotopic (exact) mass is 338 g/mol. The molecule has 0 fully saturated rings. The molecule has 0 aliphatic heterocycles. The number of carbonyl (C=O) groups is 2. The average molecular weight is 338 g/mol. The fraction of sp³-hybridized carbons (Fsp3) is 0.556. The Hall–Kier alpha value is -1.95. The zero-order chi connectivity index (χ0) is 18.5. The third-order valence-corrected chi connectivity index (χ3v) is 3.60. The first kappa shape index (κ1) is 20.1. The highest BCUT2D eigenvalue weighted by atomic mass is 19.1. The third-order valence-electron chi connectivity index (χ3n) is 3.60. The van der Waals surface area contributed by atoms with Crippen LogP contribution in [0.3, 0.4) is 0 Å². The zero-order valence-electron chi connectivity index (χ0n) is 15.0. The van der Waals surface area contributed by atoms with Gasteiger partial charge in [-0.2, -0.15) is 0 Å². The lowest BCUT2D eigenvalue weighted by Gasteiger charge is -2.32. The van der Waals surface area contributed by atoms with Gasteiger partial charge in [-0.15, -0.1) is 0 Å². The van der Waals surface area contributed by atoms with Crippen molar-refractivity contribution < 1.29 is 19.1 Å². The Morgan fingerprint density at radius 1 is 1.25 bits per heavy atom. The Kier molecular flexibility index (Phi) is 6.90. The summed E-state index contributed by atoms with van der Waals surface area (Å²) in [7, 11) is 0. The highest BCUT2D eigenvalue weighted by Crippen LogP contribution is 2.12. The lowest BCUT2D eigenvalue weighted by atomic mass is 10.0. The largest absolute Gasteiger partial charge is 0.389 e. The SMILES string of the molecule is CCN(CC(C)(C)O)C(=O)C(NC(=O)c1ccc(F)cc1)C(C)C. The summed E-state index contributed by atoms with van der Waals surface area (Å²) < 4.78 is 13.0. The molecule has 1 unspecified atom stereocenters. The minimum atomic E-state index is -1.02. The number of likely N-dealkylation sites (N-methyl/N-ethyl adjacent to an activating group) is 1. The van der Waals surface area contributed by atoms with E-state index in [4.69, 9.17) is 0 Å². The molecule has 2 amide bonds. The first-order valence-electron chi connectivity index (χ1n) is 8.12. The van der Waals surface area contributed by atoms with E-state index >= 15 is 0 Å². The minimum absolute atomic E-state index is 0.127. The highest BCUT2D eigenvalue weighted by Gasteiger charge is 2.30. The van der Waals surface area contributed by atoms with Gasteiger partial charge in [-0.3, -0.25) is 9.59 Å². The molecular formula is C18H27FN2O3. The molecule has 1 aromatic carbocycles. The smallest absolute Gasteiger partial charge is 0.251 e. The van der Waals surface area contributed by atoms with E-state index in [2.05, 4.69) is 5.32 Å². The first-order chi connectivity index (χ1) is 11.0. The number of benzene rings is 1. The Labute approximate surface area is 142 Å². The van der Waals surface area contributed by atoms with Crippen LogP contribution in [0.4, 0.5) is 4.39 Å². The number of aliphatic hydroxyl groups is 1. The molecule has 5 nitrogen and oxygen atoms in total. The van der Waals surface area contributed by atoms with Crippen molar-refractivity contribution in [3.8, 4) is 0 Å². The molecule has 2 N–H and O–H groups in total. The summed E-state index contributed by atoms with van der Waals surface area (Å²) in [6.07, 6.45) is 0. The fourth-order valence-corrected chi connectivity index (χ4v) is 2.35. The number of halogens is 1. The van der Waals surface area contributed by atoms with Crippen molar-refractivity contribution in [2.45, 2.75) is 46.3 Å². The van der Waals surface area contributed by atoms with Crippen LogP contribution in [0.1, 0.15) is 45.0 Å². The summed E-state index contributed by atoms with van der Waals surface area (Å²) in [5.74, 6) is -1.23. The van der Waals surface area contributed by atoms with Gasteiger partial charge in [-0.05, 0) is 51.0 Å². The van der Waals surface area contributed by atoms with Crippen LogP contribution in [0, 0.1) is 11.7 Å². The summed E-state index contributed by atoms with van der Waals surface area (Å²) in [4.78, 5) is 26.6. The molecule has 1 atom stereocenters. The molecule has 0 radical (unpaired) electrons. The van der Waals surface area contributed by atoms with E-state index in [9.17, 15) is 19.1 Å². The van der Waals surface area contributed by atoms with Crippen molar-refractivity contribution in [2.24, 2.45) is 5.92 Å².